The molecule has 0 amide bonds. The zero-order valence-electron chi connectivity index (χ0n) is 10.7. The zero-order valence-corrected chi connectivity index (χ0v) is 11.5. The van der Waals surface area contributed by atoms with E-state index in [0.29, 0.717) is 6.61 Å². The molecule has 1 aliphatic heterocycles. The summed E-state index contributed by atoms with van der Waals surface area (Å²) >= 11 is 0. The van der Waals surface area contributed by atoms with Gasteiger partial charge in [0.1, 0.15) is 5.60 Å². The summed E-state index contributed by atoms with van der Waals surface area (Å²) in [4.78, 5) is 0. The first-order valence-corrected chi connectivity index (χ1v) is 6.33. The summed E-state index contributed by atoms with van der Waals surface area (Å²) in [5, 5.41) is 3.31. The Kier molecular flexibility index (Phi) is 4.59. The van der Waals surface area contributed by atoms with Crippen molar-refractivity contribution in [1.29, 1.82) is 0 Å². The van der Waals surface area contributed by atoms with E-state index in [2.05, 4.69) is 41.7 Å². The lowest BCUT2D eigenvalue weighted by Gasteiger charge is -2.42. The van der Waals surface area contributed by atoms with Gasteiger partial charge >= 0.3 is 0 Å². The largest absolute Gasteiger partial charge is 0.363 e. The van der Waals surface area contributed by atoms with Crippen LogP contribution in [0.5, 0.6) is 0 Å². The lowest BCUT2D eigenvalue weighted by atomic mass is 9.88. The molecule has 0 atom stereocenters. The van der Waals surface area contributed by atoms with E-state index in [0.717, 1.165) is 13.1 Å². The number of rotatable bonds is 4. The molecule has 0 saturated carbocycles. The van der Waals surface area contributed by atoms with Crippen molar-refractivity contribution in [2.24, 2.45) is 0 Å². The zero-order chi connectivity index (χ0) is 12.3. The van der Waals surface area contributed by atoms with Gasteiger partial charge in [0.25, 0.3) is 0 Å². The van der Waals surface area contributed by atoms with Crippen molar-refractivity contribution >= 4 is 12.4 Å². The predicted molar refractivity (Wildman–Crippen MR) is 79.5 cm³/mol. The number of hydrogen-bond donors (Lipinski definition) is 1. The van der Waals surface area contributed by atoms with Gasteiger partial charge in [-0.15, -0.1) is 12.4 Å². The normalized spacial score (nSPS) is 16.2. The molecule has 100 valence electrons. The highest BCUT2D eigenvalue weighted by molar-refractivity contribution is 5.85. The second-order valence-corrected chi connectivity index (χ2v) is 4.74. The Balaban J connectivity index is 0.00000133. The Morgan fingerprint density at radius 3 is 2.00 bits per heavy atom. The van der Waals surface area contributed by atoms with Gasteiger partial charge in [0.15, 0.2) is 0 Å². The first-order valence-electron chi connectivity index (χ1n) is 6.33. The lowest BCUT2D eigenvalue weighted by Crippen LogP contribution is -2.58. The second-order valence-electron chi connectivity index (χ2n) is 4.74. The van der Waals surface area contributed by atoms with Crippen LogP contribution in [0.15, 0.2) is 60.7 Å². The van der Waals surface area contributed by atoms with Gasteiger partial charge < -0.3 is 10.1 Å². The highest BCUT2D eigenvalue weighted by Crippen LogP contribution is 2.30. The van der Waals surface area contributed by atoms with Crippen LogP contribution >= 0.6 is 12.4 Å². The number of hydrogen-bond acceptors (Lipinski definition) is 2. The Morgan fingerprint density at radius 2 is 1.47 bits per heavy atom. The molecular formula is C16H18ClNO. The quantitative estimate of drug-likeness (QED) is 0.926. The van der Waals surface area contributed by atoms with Crippen LogP contribution in [0.4, 0.5) is 0 Å². The smallest absolute Gasteiger partial charge is 0.118 e. The number of ether oxygens (including phenoxy) is 1. The van der Waals surface area contributed by atoms with Crippen molar-refractivity contribution < 1.29 is 4.74 Å². The summed E-state index contributed by atoms with van der Waals surface area (Å²) in [5.74, 6) is 0. The molecule has 0 radical (unpaired) electrons. The minimum atomic E-state index is -0.142. The molecule has 2 aromatic rings. The minimum absolute atomic E-state index is 0. The summed E-state index contributed by atoms with van der Waals surface area (Å²) < 4.78 is 6.18. The van der Waals surface area contributed by atoms with Crippen LogP contribution in [0.25, 0.3) is 0 Å². The summed E-state index contributed by atoms with van der Waals surface area (Å²) in [6.45, 7) is 2.45. The SMILES string of the molecule is Cl.c1ccc(COC2(c3ccccc3)CNC2)cc1. The summed E-state index contributed by atoms with van der Waals surface area (Å²) in [5.41, 5.74) is 2.34. The molecule has 2 aromatic carbocycles. The number of nitrogens with one attached hydrogen (secondary N) is 1. The topological polar surface area (TPSA) is 21.3 Å². The molecule has 2 nitrogen and oxygen atoms in total. The van der Waals surface area contributed by atoms with Crippen LogP contribution in [0.1, 0.15) is 11.1 Å². The van der Waals surface area contributed by atoms with Gasteiger partial charge in [0, 0.05) is 13.1 Å². The minimum Gasteiger partial charge on any atom is -0.363 e. The second kappa shape index (κ2) is 6.20. The van der Waals surface area contributed by atoms with E-state index in [1.807, 2.05) is 24.3 Å². The Hall–Kier alpha value is -1.35. The third-order valence-corrected chi connectivity index (χ3v) is 3.48. The maximum absolute atomic E-state index is 6.18. The molecule has 3 rings (SSSR count). The van der Waals surface area contributed by atoms with E-state index in [4.69, 9.17) is 4.74 Å². The van der Waals surface area contributed by atoms with Gasteiger partial charge in [-0.25, -0.2) is 0 Å². The summed E-state index contributed by atoms with van der Waals surface area (Å²) in [7, 11) is 0. The molecule has 0 aliphatic carbocycles. The van der Waals surface area contributed by atoms with Crippen LogP contribution in [-0.4, -0.2) is 13.1 Å². The van der Waals surface area contributed by atoms with Gasteiger partial charge in [-0.1, -0.05) is 60.7 Å². The number of benzene rings is 2. The van der Waals surface area contributed by atoms with Crippen molar-refractivity contribution in [3.05, 3.63) is 71.8 Å². The van der Waals surface area contributed by atoms with E-state index in [1.165, 1.54) is 11.1 Å². The van der Waals surface area contributed by atoms with E-state index >= 15 is 0 Å². The number of halogens is 1. The van der Waals surface area contributed by atoms with Crippen molar-refractivity contribution in [2.75, 3.05) is 13.1 Å². The monoisotopic (exact) mass is 275 g/mol. The maximum Gasteiger partial charge on any atom is 0.118 e. The van der Waals surface area contributed by atoms with Gasteiger partial charge in [-0.2, -0.15) is 0 Å². The molecule has 0 unspecified atom stereocenters. The summed E-state index contributed by atoms with van der Waals surface area (Å²) in [6, 6.07) is 20.8. The molecular weight excluding hydrogens is 258 g/mol. The standard InChI is InChI=1S/C16H17NO.ClH/c1-3-7-14(8-4-1)11-18-16(12-17-13-16)15-9-5-2-6-10-15;/h1-10,17H,11-13H2;1H. The third kappa shape index (κ3) is 2.98. The molecule has 1 fully saturated rings. The Bertz CT molecular complexity index is 497. The van der Waals surface area contributed by atoms with E-state index in [9.17, 15) is 0 Å². The fourth-order valence-electron chi connectivity index (χ4n) is 2.28. The van der Waals surface area contributed by atoms with E-state index in [1.54, 1.807) is 0 Å². The Morgan fingerprint density at radius 1 is 0.895 bits per heavy atom. The molecule has 1 aliphatic rings. The van der Waals surface area contributed by atoms with E-state index in [-0.39, 0.29) is 18.0 Å². The van der Waals surface area contributed by atoms with Crippen LogP contribution in [0.2, 0.25) is 0 Å². The third-order valence-electron chi connectivity index (χ3n) is 3.48. The highest BCUT2D eigenvalue weighted by atomic mass is 35.5. The first-order chi connectivity index (χ1) is 8.89. The van der Waals surface area contributed by atoms with Crippen molar-refractivity contribution in [3.8, 4) is 0 Å². The molecule has 1 heterocycles. The molecule has 1 N–H and O–H groups in total. The maximum atomic E-state index is 6.18. The van der Waals surface area contributed by atoms with Crippen LogP contribution < -0.4 is 5.32 Å². The molecule has 3 heteroatoms. The molecule has 0 aromatic heterocycles. The average Bonchev–Trinajstić information content (AvgIpc) is 2.40. The van der Waals surface area contributed by atoms with Crippen molar-refractivity contribution in [3.63, 3.8) is 0 Å². The fourth-order valence-corrected chi connectivity index (χ4v) is 2.28. The lowest BCUT2D eigenvalue weighted by molar-refractivity contribution is -0.0969. The van der Waals surface area contributed by atoms with Gasteiger partial charge in [-0.05, 0) is 11.1 Å². The average molecular weight is 276 g/mol. The highest BCUT2D eigenvalue weighted by Gasteiger charge is 2.39. The molecule has 0 bridgehead atoms. The van der Waals surface area contributed by atoms with Crippen molar-refractivity contribution in [2.45, 2.75) is 12.2 Å². The fraction of sp³-hybridized carbons (Fsp3) is 0.250. The first kappa shape index (κ1) is 14.1. The van der Waals surface area contributed by atoms with Gasteiger partial charge in [0.05, 0.1) is 6.61 Å². The molecule has 1 saturated heterocycles. The molecule has 0 spiro atoms. The van der Waals surface area contributed by atoms with Crippen LogP contribution in [0, 0.1) is 0 Å². The Labute approximate surface area is 120 Å². The van der Waals surface area contributed by atoms with Crippen LogP contribution in [-0.2, 0) is 16.9 Å². The van der Waals surface area contributed by atoms with Crippen molar-refractivity contribution in [1.82, 2.24) is 5.32 Å². The van der Waals surface area contributed by atoms with Crippen LogP contribution in [0.3, 0.4) is 0 Å². The predicted octanol–water partition coefficient (Wildman–Crippen LogP) is 3.12. The molecule has 19 heavy (non-hydrogen) atoms. The van der Waals surface area contributed by atoms with E-state index < -0.39 is 0 Å². The van der Waals surface area contributed by atoms with Gasteiger partial charge in [-0.3, -0.25) is 0 Å². The summed E-state index contributed by atoms with van der Waals surface area (Å²) in [6.07, 6.45) is 0. The van der Waals surface area contributed by atoms with Gasteiger partial charge in [0.2, 0.25) is 0 Å².